The van der Waals surface area contributed by atoms with Crippen molar-refractivity contribution in [2.45, 2.75) is 12.8 Å². The Hall–Kier alpha value is -4.37. The number of benzene rings is 4. The minimum absolute atomic E-state index is 0.220. The van der Waals surface area contributed by atoms with Crippen molar-refractivity contribution in [3.8, 4) is 11.8 Å². The molecule has 5 rings (SSSR count). The summed E-state index contributed by atoms with van der Waals surface area (Å²) in [5.74, 6) is -0.435. The van der Waals surface area contributed by atoms with Crippen LogP contribution in [0.1, 0.15) is 24.0 Å². The predicted molar refractivity (Wildman–Crippen MR) is 148 cm³/mol. The van der Waals surface area contributed by atoms with E-state index in [9.17, 15) is 14.4 Å². The van der Waals surface area contributed by atoms with Crippen LogP contribution in [-0.2, 0) is 4.79 Å². The average Bonchev–Trinajstić information content (AvgIpc) is 2.97. The molecule has 0 saturated carbocycles. The maximum Gasteiger partial charge on any atom is 0.243 e. The van der Waals surface area contributed by atoms with Gasteiger partial charge in [0, 0.05) is 43.3 Å². The molecule has 0 aliphatic carbocycles. The maximum atomic E-state index is 14.3. The van der Waals surface area contributed by atoms with Gasteiger partial charge >= 0.3 is 0 Å². The second kappa shape index (κ2) is 10.5. The minimum Gasteiger partial charge on any atom is -0.496 e. The van der Waals surface area contributed by atoms with Gasteiger partial charge in [0.05, 0.1) is 13.2 Å². The molecule has 4 aromatic rings. The lowest BCUT2D eigenvalue weighted by atomic mass is 9.68. The third kappa shape index (κ3) is 4.56. The summed E-state index contributed by atoms with van der Waals surface area (Å²) < 4.78 is 19.5. The zero-order chi connectivity index (χ0) is 26.7. The summed E-state index contributed by atoms with van der Waals surface area (Å²) in [5.41, 5.74) is 1.09. The molecule has 2 atom stereocenters. The molecular weight excluding hydrogens is 477 g/mol. The van der Waals surface area contributed by atoms with E-state index in [1.165, 1.54) is 12.1 Å². The van der Waals surface area contributed by atoms with Crippen molar-refractivity contribution in [3.63, 3.8) is 0 Å². The first-order chi connectivity index (χ1) is 18.5. The van der Waals surface area contributed by atoms with Crippen molar-refractivity contribution in [1.29, 1.82) is 5.26 Å². The number of fused-ring (bicyclic) bond motifs is 1. The molecule has 0 bridgehead atoms. The zero-order valence-electron chi connectivity index (χ0n) is 21.6. The van der Waals surface area contributed by atoms with Gasteiger partial charge in [-0.05, 0) is 47.5 Å². The summed E-state index contributed by atoms with van der Waals surface area (Å²) >= 11 is 0. The molecule has 0 radical (unpaired) electrons. The number of nitrogens with zero attached hydrogens (tertiary/aromatic N) is 3. The number of ether oxygens (including phenoxy) is 1. The van der Waals surface area contributed by atoms with Gasteiger partial charge in [0.2, 0.25) is 5.91 Å². The zero-order valence-corrected chi connectivity index (χ0v) is 21.6. The summed E-state index contributed by atoms with van der Waals surface area (Å²) in [4.78, 5) is 18.1. The largest absolute Gasteiger partial charge is 0.496 e. The van der Waals surface area contributed by atoms with Gasteiger partial charge in [-0.1, -0.05) is 66.7 Å². The van der Waals surface area contributed by atoms with Gasteiger partial charge in [0.15, 0.2) is 0 Å². The third-order valence-electron chi connectivity index (χ3n) is 7.58. The van der Waals surface area contributed by atoms with Crippen LogP contribution in [0.3, 0.4) is 0 Å². The predicted octanol–water partition coefficient (Wildman–Crippen LogP) is 6.00. The first-order valence-corrected chi connectivity index (χ1v) is 12.8. The Bertz CT molecular complexity index is 1500. The van der Waals surface area contributed by atoms with Crippen LogP contribution in [0.15, 0.2) is 91.0 Å². The summed E-state index contributed by atoms with van der Waals surface area (Å²) in [6.45, 7) is 3.75. The molecule has 4 aromatic carbocycles. The Kier molecular flexibility index (Phi) is 7.02. The summed E-state index contributed by atoms with van der Waals surface area (Å²) in [6, 6.07) is 30.6. The van der Waals surface area contributed by atoms with Crippen molar-refractivity contribution in [2.24, 2.45) is 5.41 Å². The lowest BCUT2D eigenvalue weighted by molar-refractivity contribution is -0.139. The van der Waals surface area contributed by atoms with Crippen LogP contribution in [-0.4, -0.2) is 44.1 Å². The van der Waals surface area contributed by atoms with Crippen LogP contribution in [0.4, 0.5) is 10.1 Å². The van der Waals surface area contributed by atoms with E-state index in [-0.39, 0.29) is 11.7 Å². The van der Waals surface area contributed by atoms with Crippen molar-refractivity contribution in [1.82, 2.24) is 4.90 Å². The number of para-hydroxylation sites is 1. The number of carbonyl (C=O) groups excluding carboxylic acids is 1. The van der Waals surface area contributed by atoms with Gasteiger partial charge in [0.25, 0.3) is 0 Å². The monoisotopic (exact) mass is 507 g/mol. The number of hydrogen-bond acceptors (Lipinski definition) is 4. The summed E-state index contributed by atoms with van der Waals surface area (Å²) in [5, 5.41) is 12.7. The first-order valence-electron chi connectivity index (χ1n) is 12.8. The Morgan fingerprint density at radius 1 is 0.921 bits per heavy atom. The van der Waals surface area contributed by atoms with Gasteiger partial charge in [-0.3, -0.25) is 4.79 Å². The smallest absolute Gasteiger partial charge is 0.243 e. The molecule has 1 fully saturated rings. The Balaban J connectivity index is 1.54. The molecule has 38 heavy (non-hydrogen) atoms. The molecule has 0 aromatic heterocycles. The highest BCUT2D eigenvalue weighted by molar-refractivity contribution is 5.91. The van der Waals surface area contributed by atoms with E-state index in [1.807, 2.05) is 72.8 Å². The highest BCUT2D eigenvalue weighted by atomic mass is 19.1. The molecule has 192 valence electrons. The van der Waals surface area contributed by atoms with Crippen LogP contribution in [0, 0.1) is 22.6 Å². The fraction of sp³-hybridized carbons (Fsp3) is 0.250. The molecular formula is C32H30FN3O2. The van der Waals surface area contributed by atoms with Gasteiger partial charge in [-0.2, -0.15) is 5.26 Å². The second-order valence-electron chi connectivity index (χ2n) is 9.82. The lowest BCUT2D eigenvalue weighted by Gasteiger charge is -2.41. The number of amides is 1. The van der Waals surface area contributed by atoms with Crippen LogP contribution >= 0.6 is 0 Å². The number of halogens is 1. The lowest BCUT2D eigenvalue weighted by Crippen LogP contribution is -2.53. The third-order valence-corrected chi connectivity index (χ3v) is 7.58. The summed E-state index contributed by atoms with van der Waals surface area (Å²) in [6.07, 6.45) is 0. The minimum atomic E-state index is -1.40. The SMILES string of the molecule is COc1ccccc1[C@H](c1cccc2ccccc12)C(C)(C#N)C(=O)N1CCN(c2cccc(F)c2)CC1. The molecule has 5 nitrogen and oxygen atoms in total. The van der Waals surface area contributed by atoms with E-state index in [2.05, 4.69) is 11.0 Å². The molecule has 6 heteroatoms. The molecule has 0 N–H and O–H groups in total. The van der Waals surface area contributed by atoms with Gasteiger partial charge < -0.3 is 14.5 Å². The van der Waals surface area contributed by atoms with Crippen molar-refractivity contribution in [3.05, 3.63) is 108 Å². The molecule has 0 spiro atoms. The maximum absolute atomic E-state index is 14.3. The standard InChI is InChI=1S/C32H30FN3O2/c1-32(22-34,31(37)36-19-17-35(18-20-36)25-12-8-11-24(33)21-25)30(28-14-5-6-16-29(28)38-2)27-15-7-10-23-9-3-4-13-26(23)27/h3-16,21,30H,17-20H2,1-2H3/t30-,32?/m0/s1. The van der Waals surface area contributed by atoms with Crippen LogP contribution in [0.5, 0.6) is 5.75 Å². The van der Waals surface area contributed by atoms with Crippen molar-refractivity contribution in [2.75, 3.05) is 38.2 Å². The van der Waals surface area contributed by atoms with Crippen LogP contribution < -0.4 is 9.64 Å². The number of nitriles is 1. The normalized spacial score (nSPS) is 15.9. The number of anilines is 1. The molecule has 1 amide bonds. The quantitative estimate of drug-likeness (QED) is 0.321. The fourth-order valence-corrected chi connectivity index (χ4v) is 5.60. The fourth-order valence-electron chi connectivity index (χ4n) is 5.60. The Labute approximate surface area is 222 Å². The molecule has 1 aliphatic heterocycles. The van der Waals surface area contributed by atoms with Gasteiger partial charge in [-0.25, -0.2) is 4.39 Å². The van der Waals surface area contributed by atoms with E-state index in [0.717, 1.165) is 27.6 Å². The number of hydrogen-bond donors (Lipinski definition) is 0. The summed E-state index contributed by atoms with van der Waals surface area (Å²) in [7, 11) is 1.61. The molecule has 1 heterocycles. The second-order valence-corrected chi connectivity index (χ2v) is 9.82. The van der Waals surface area contributed by atoms with E-state index in [1.54, 1.807) is 25.0 Å². The van der Waals surface area contributed by atoms with E-state index in [4.69, 9.17) is 4.74 Å². The van der Waals surface area contributed by atoms with Gasteiger partial charge in [0.1, 0.15) is 17.0 Å². The Morgan fingerprint density at radius 2 is 1.58 bits per heavy atom. The number of methoxy groups -OCH3 is 1. The van der Waals surface area contributed by atoms with Crippen LogP contribution in [0.2, 0.25) is 0 Å². The Morgan fingerprint density at radius 3 is 2.32 bits per heavy atom. The van der Waals surface area contributed by atoms with Crippen LogP contribution in [0.25, 0.3) is 10.8 Å². The van der Waals surface area contributed by atoms with E-state index >= 15 is 0 Å². The van der Waals surface area contributed by atoms with Gasteiger partial charge in [-0.15, -0.1) is 0 Å². The first kappa shape index (κ1) is 25.3. The van der Waals surface area contributed by atoms with Crippen molar-refractivity contribution >= 4 is 22.4 Å². The highest BCUT2D eigenvalue weighted by Crippen LogP contribution is 2.47. The van der Waals surface area contributed by atoms with E-state index in [0.29, 0.717) is 31.9 Å². The number of piperazine rings is 1. The van der Waals surface area contributed by atoms with Crippen molar-refractivity contribution < 1.29 is 13.9 Å². The molecule has 1 unspecified atom stereocenters. The highest BCUT2D eigenvalue weighted by Gasteiger charge is 2.47. The number of carbonyl (C=O) groups is 1. The average molecular weight is 508 g/mol. The molecule has 1 aliphatic rings. The topological polar surface area (TPSA) is 56.6 Å². The number of rotatable bonds is 6. The molecule has 1 saturated heterocycles. The van der Waals surface area contributed by atoms with E-state index < -0.39 is 11.3 Å².